The van der Waals surface area contributed by atoms with E-state index < -0.39 is 5.54 Å². The Kier molecular flexibility index (Phi) is 6.92. The SMILES string of the molecule is CCc1cccc(C)c1Nc1nnc(SCC(=O)NC2(C#N)CCCCC2)s1. The van der Waals surface area contributed by atoms with Crippen molar-refractivity contribution in [3.8, 4) is 6.07 Å². The Labute approximate surface area is 174 Å². The van der Waals surface area contributed by atoms with Gasteiger partial charge >= 0.3 is 0 Å². The molecule has 1 aromatic heterocycles. The highest BCUT2D eigenvalue weighted by Gasteiger charge is 2.33. The maximum atomic E-state index is 12.3. The molecule has 28 heavy (non-hydrogen) atoms. The summed E-state index contributed by atoms with van der Waals surface area (Å²) in [7, 11) is 0. The van der Waals surface area contributed by atoms with Crippen molar-refractivity contribution < 1.29 is 4.79 Å². The van der Waals surface area contributed by atoms with Gasteiger partial charge in [-0.2, -0.15) is 5.26 Å². The summed E-state index contributed by atoms with van der Waals surface area (Å²) in [6, 6.07) is 8.54. The molecule has 0 atom stereocenters. The zero-order chi connectivity index (χ0) is 20.0. The molecular weight excluding hydrogens is 390 g/mol. The lowest BCUT2D eigenvalue weighted by Crippen LogP contribution is -2.49. The molecule has 0 radical (unpaired) electrons. The molecule has 148 valence electrons. The molecule has 2 N–H and O–H groups in total. The van der Waals surface area contributed by atoms with Gasteiger partial charge in [0.1, 0.15) is 5.54 Å². The van der Waals surface area contributed by atoms with Crippen molar-refractivity contribution in [2.45, 2.75) is 62.3 Å². The topological polar surface area (TPSA) is 90.7 Å². The van der Waals surface area contributed by atoms with Crippen LogP contribution in [0.3, 0.4) is 0 Å². The van der Waals surface area contributed by atoms with Crippen molar-refractivity contribution in [1.82, 2.24) is 15.5 Å². The molecule has 1 aromatic carbocycles. The van der Waals surface area contributed by atoms with Gasteiger partial charge < -0.3 is 10.6 Å². The molecule has 1 fully saturated rings. The minimum atomic E-state index is -0.689. The molecule has 1 amide bonds. The second-order valence-corrected chi connectivity index (χ2v) is 9.25. The van der Waals surface area contributed by atoms with Crippen LogP contribution in [-0.4, -0.2) is 27.4 Å². The predicted octanol–water partition coefficient (Wildman–Crippen LogP) is 4.59. The molecule has 1 heterocycles. The summed E-state index contributed by atoms with van der Waals surface area (Å²) >= 11 is 2.79. The normalized spacial score (nSPS) is 15.6. The minimum absolute atomic E-state index is 0.120. The van der Waals surface area contributed by atoms with Crippen LogP contribution in [0.1, 0.15) is 50.2 Å². The third-order valence-electron chi connectivity index (χ3n) is 5.00. The quantitative estimate of drug-likeness (QED) is 0.643. The number of aromatic nitrogens is 2. The summed E-state index contributed by atoms with van der Waals surface area (Å²) < 4.78 is 0.735. The fourth-order valence-electron chi connectivity index (χ4n) is 3.48. The Balaban J connectivity index is 1.57. The number of thioether (sulfide) groups is 1. The Bertz CT molecular complexity index is 868. The maximum Gasteiger partial charge on any atom is 0.231 e. The molecule has 6 nitrogen and oxygen atoms in total. The van der Waals surface area contributed by atoms with Gasteiger partial charge in [-0.1, -0.05) is 67.5 Å². The van der Waals surface area contributed by atoms with E-state index in [9.17, 15) is 10.1 Å². The molecule has 1 saturated carbocycles. The summed E-state index contributed by atoms with van der Waals surface area (Å²) in [5.41, 5.74) is 2.78. The second kappa shape index (κ2) is 9.39. The number of aryl methyl sites for hydroxylation is 2. The van der Waals surface area contributed by atoms with Gasteiger partial charge in [0.15, 0.2) is 4.34 Å². The highest BCUT2D eigenvalue weighted by molar-refractivity contribution is 8.01. The van der Waals surface area contributed by atoms with Gasteiger partial charge in [-0.15, -0.1) is 10.2 Å². The number of carbonyl (C=O) groups is 1. The van der Waals surface area contributed by atoms with Gasteiger partial charge in [-0.25, -0.2) is 0 Å². The van der Waals surface area contributed by atoms with E-state index in [0.29, 0.717) is 5.13 Å². The number of nitrogens with one attached hydrogen (secondary N) is 2. The number of carbonyl (C=O) groups excluding carboxylic acids is 1. The summed E-state index contributed by atoms with van der Waals surface area (Å²) in [6.45, 7) is 4.19. The summed E-state index contributed by atoms with van der Waals surface area (Å²) in [4.78, 5) is 12.3. The van der Waals surface area contributed by atoms with Crippen molar-refractivity contribution in [2.75, 3.05) is 11.1 Å². The van der Waals surface area contributed by atoms with E-state index in [-0.39, 0.29) is 11.7 Å². The number of hydrogen-bond donors (Lipinski definition) is 2. The Morgan fingerprint density at radius 1 is 1.32 bits per heavy atom. The van der Waals surface area contributed by atoms with Crippen LogP contribution < -0.4 is 10.6 Å². The van der Waals surface area contributed by atoms with Gasteiger partial charge in [-0.3, -0.25) is 4.79 Å². The van der Waals surface area contributed by atoms with Crippen LogP contribution >= 0.6 is 23.1 Å². The standard InChI is InChI=1S/C20H25N5OS2/c1-3-15-9-7-8-14(2)17(15)22-18-24-25-19(28-18)27-12-16(26)23-20(13-21)10-5-4-6-11-20/h7-9H,3-6,10-12H2,1-2H3,(H,22,24)(H,23,26). The average molecular weight is 416 g/mol. The minimum Gasteiger partial charge on any atom is -0.337 e. The number of anilines is 2. The van der Waals surface area contributed by atoms with Crippen LogP contribution in [0.2, 0.25) is 0 Å². The van der Waals surface area contributed by atoms with E-state index in [2.05, 4.69) is 58.9 Å². The average Bonchev–Trinajstić information content (AvgIpc) is 3.16. The molecule has 0 spiro atoms. The number of rotatable bonds is 7. The fraction of sp³-hybridized carbons (Fsp3) is 0.500. The largest absolute Gasteiger partial charge is 0.337 e. The van der Waals surface area contributed by atoms with Crippen molar-refractivity contribution in [2.24, 2.45) is 0 Å². The Hall–Kier alpha value is -2.11. The fourth-order valence-corrected chi connectivity index (χ4v) is 5.03. The van der Waals surface area contributed by atoms with E-state index in [1.165, 1.54) is 28.7 Å². The first-order valence-corrected chi connectivity index (χ1v) is 11.4. The van der Waals surface area contributed by atoms with Gasteiger partial charge in [0.25, 0.3) is 0 Å². The van der Waals surface area contributed by atoms with E-state index in [1.807, 2.05) is 0 Å². The third kappa shape index (κ3) is 5.03. The highest BCUT2D eigenvalue weighted by atomic mass is 32.2. The number of nitrogens with zero attached hydrogens (tertiary/aromatic N) is 3. The van der Waals surface area contributed by atoms with Crippen molar-refractivity contribution in [3.63, 3.8) is 0 Å². The lowest BCUT2D eigenvalue weighted by atomic mass is 9.83. The molecule has 1 aliphatic carbocycles. The lowest BCUT2D eigenvalue weighted by molar-refractivity contribution is -0.120. The molecular formula is C20H25N5OS2. The number of amides is 1. The van der Waals surface area contributed by atoms with E-state index in [0.717, 1.165) is 54.1 Å². The molecule has 0 saturated heterocycles. The van der Waals surface area contributed by atoms with Crippen molar-refractivity contribution in [1.29, 1.82) is 5.26 Å². The molecule has 1 aliphatic rings. The molecule has 3 rings (SSSR count). The van der Waals surface area contributed by atoms with Crippen LogP contribution in [0.4, 0.5) is 10.8 Å². The number of hydrogen-bond acceptors (Lipinski definition) is 7. The molecule has 0 unspecified atom stereocenters. The van der Waals surface area contributed by atoms with Crippen LogP contribution in [0.5, 0.6) is 0 Å². The van der Waals surface area contributed by atoms with Gasteiger partial charge in [0.2, 0.25) is 11.0 Å². The first-order valence-electron chi connectivity index (χ1n) is 9.59. The maximum absolute atomic E-state index is 12.3. The number of para-hydroxylation sites is 1. The van der Waals surface area contributed by atoms with E-state index in [4.69, 9.17) is 0 Å². The lowest BCUT2D eigenvalue weighted by Gasteiger charge is -2.31. The highest BCUT2D eigenvalue weighted by Crippen LogP contribution is 2.31. The molecule has 2 aromatic rings. The molecule has 0 aliphatic heterocycles. The Morgan fingerprint density at radius 2 is 2.11 bits per heavy atom. The van der Waals surface area contributed by atoms with Crippen LogP contribution in [0.25, 0.3) is 0 Å². The summed E-state index contributed by atoms with van der Waals surface area (Å²) in [6.07, 6.45) is 5.53. The first-order chi connectivity index (χ1) is 13.5. The monoisotopic (exact) mass is 415 g/mol. The zero-order valence-electron chi connectivity index (χ0n) is 16.2. The van der Waals surface area contributed by atoms with Gasteiger partial charge in [-0.05, 0) is 37.3 Å². The van der Waals surface area contributed by atoms with E-state index >= 15 is 0 Å². The van der Waals surface area contributed by atoms with Crippen LogP contribution in [0.15, 0.2) is 22.5 Å². The summed E-state index contributed by atoms with van der Waals surface area (Å²) in [5.74, 6) is 0.119. The molecule has 0 bridgehead atoms. The van der Waals surface area contributed by atoms with Gasteiger partial charge in [0.05, 0.1) is 11.8 Å². The summed E-state index contributed by atoms with van der Waals surface area (Å²) in [5, 5.41) is 24.9. The Morgan fingerprint density at radius 3 is 2.82 bits per heavy atom. The number of nitriles is 1. The van der Waals surface area contributed by atoms with E-state index in [1.54, 1.807) is 0 Å². The number of benzene rings is 1. The smallest absolute Gasteiger partial charge is 0.231 e. The van der Waals surface area contributed by atoms with Crippen molar-refractivity contribution in [3.05, 3.63) is 29.3 Å². The zero-order valence-corrected chi connectivity index (χ0v) is 17.9. The predicted molar refractivity (Wildman–Crippen MR) is 114 cm³/mol. The second-order valence-electron chi connectivity index (χ2n) is 7.05. The van der Waals surface area contributed by atoms with Crippen LogP contribution in [0, 0.1) is 18.3 Å². The van der Waals surface area contributed by atoms with Crippen molar-refractivity contribution >= 4 is 39.8 Å². The first kappa shape index (κ1) is 20.6. The third-order valence-corrected chi connectivity index (χ3v) is 6.98. The van der Waals surface area contributed by atoms with Crippen LogP contribution in [-0.2, 0) is 11.2 Å². The molecule has 8 heteroatoms. The van der Waals surface area contributed by atoms with Gasteiger partial charge in [0, 0.05) is 5.69 Å².